The molecule has 0 spiro atoms. The van der Waals surface area contributed by atoms with Crippen LogP contribution < -0.4 is 4.74 Å². The SMILES string of the molecule is COC(=O)c1nc2c(c(OC)n1)CB(C#N)C2. The van der Waals surface area contributed by atoms with E-state index in [-0.39, 0.29) is 12.5 Å². The van der Waals surface area contributed by atoms with Crippen molar-refractivity contribution in [2.45, 2.75) is 12.6 Å². The van der Waals surface area contributed by atoms with Gasteiger partial charge in [-0.2, -0.15) is 4.98 Å². The summed E-state index contributed by atoms with van der Waals surface area (Å²) in [7, 11) is 2.74. The van der Waals surface area contributed by atoms with E-state index in [0.717, 1.165) is 5.56 Å². The van der Waals surface area contributed by atoms with Crippen molar-refractivity contribution in [1.82, 2.24) is 9.97 Å². The molecule has 7 heteroatoms. The van der Waals surface area contributed by atoms with Gasteiger partial charge in [0.15, 0.2) is 0 Å². The van der Waals surface area contributed by atoms with Crippen LogP contribution in [0.3, 0.4) is 0 Å². The molecule has 0 aliphatic carbocycles. The van der Waals surface area contributed by atoms with Crippen molar-refractivity contribution in [3.05, 3.63) is 17.1 Å². The first-order valence-corrected chi connectivity index (χ1v) is 5.11. The average Bonchev–Trinajstić information content (AvgIpc) is 2.79. The van der Waals surface area contributed by atoms with Crippen LogP contribution in [-0.2, 0) is 17.4 Å². The van der Waals surface area contributed by atoms with E-state index in [1.54, 1.807) is 0 Å². The van der Waals surface area contributed by atoms with Gasteiger partial charge >= 0.3 is 5.97 Å². The zero-order valence-electron chi connectivity index (χ0n) is 9.56. The van der Waals surface area contributed by atoms with Gasteiger partial charge in [-0.15, -0.1) is 0 Å². The first-order valence-electron chi connectivity index (χ1n) is 5.11. The predicted molar refractivity (Wildman–Crippen MR) is 58.7 cm³/mol. The minimum Gasteiger partial charge on any atom is -0.481 e. The number of esters is 1. The Morgan fingerprint density at radius 1 is 1.41 bits per heavy atom. The molecule has 0 atom stereocenters. The number of nitrogens with zero attached hydrogens (tertiary/aromatic N) is 3. The summed E-state index contributed by atoms with van der Waals surface area (Å²) < 4.78 is 9.68. The summed E-state index contributed by atoms with van der Waals surface area (Å²) in [4.78, 5) is 19.5. The first-order chi connectivity index (χ1) is 8.19. The van der Waals surface area contributed by atoms with Gasteiger partial charge in [-0.25, -0.2) is 15.0 Å². The molecule has 0 saturated heterocycles. The molecule has 86 valence electrons. The van der Waals surface area contributed by atoms with Crippen LogP contribution in [0.1, 0.15) is 21.9 Å². The molecule has 1 aliphatic rings. The fourth-order valence-corrected chi connectivity index (χ4v) is 1.88. The lowest BCUT2D eigenvalue weighted by Crippen LogP contribution is -2.11. The highest BCUT2D eigenvalue weighted by molar-refractivity contribution is 6.66. The van der Waals surface area contributed by atoms with E-state index in [1.807, 2.05) is 0 Å². The maximum absolute atomic E-state index is 11.4. The molecule has 6 nitrogen and oxygen atoms in total. The smallest absolute Gasteiger partial charge is 0.376 e. The van der Waals surface area contributed by atoms with Crippen LogP contribution in [-0.4, -0.2) is 36.9 Å². The fraction of sp³-hybridized carbons (Fsp3) is 0.400. The zero-order valence-corrected chi connectivity index (χ0v) is 9.56. The maximum Gasteiger partial charge on any atom is 0.376 e. The van der Waals surface area contributed by atoms with Crippen molar-refractivity contribution < 1.29 is 14.3 Å². The second-order valence-corrected chi connectivity index (χ2v) is 3.71. The third-order valence-corrected chi connectivity index (χ3v) is 2.69. The van der Waals surface area contributed by atoms with E-state index in [2.05, 4.69) is 20.7 Å². The van der Waals surface area contributed by atoms with Crippen LogP contribution in [0.4, 0.5) is 0 Å². The Hall–Kier alpha value is -2.10. The number of carbonyl (C=O) groups is 1. The Bertz CT molecular complexity index is 512. The monoisotopic (exact) mass is 231 g/mol. The molecule has 0 amide bonds. The molecule has 17 heavy (non-hydrogen) atoms. The normalized spacial score (nSPS) is 12.9. The topological polar surface area (TPSA) is 85.1 Å². The van der Waals surface area contributed by atoms with Gasteiger partial charge in [-0.1, -0.05) is 0 Å². The van der Waals surface area contributed by atoms with Crippen LogP contribution in [0.25, 0.3) is 0 Å². The molecule has 2 rings (SSSR count). The highest BCUT2D eigenvalue weighted by atomic mass is 16.5. The number of ether oxygens (including phenoxy) is 2. The fourth-order valence-electron chi connectivity index (χ4n) is 1.88. The number of methoxy groups -OCH3 is 2. The minimum atomic E-state index is -0.605. The number of nitriles is 1. The van der Waals surface area contributed by atoms with Crippen molar-refractivity contribution in [1.29, 1.82) is 5.26 Å². The van der Waals surface area contributed by atoms with Gasteiger partial charge in [0.1, 0.15) is 0 Å². The van der Waals surface area contributed by atoms with Crippen molar-refractivity contribution in [3.8, 4) is 11.8 Å². The summed E-state index contributed by atoms with van der Waals surface area (Å²) in [6.07, 6.45) is 1.09. The van der Waals surface area contributed by atoms with Crippen molar-refractivity contribution in [2.75, 3.05) is 14.2 Å². The molecule has 0 N–H and O–H groups in total. The van der Waals surface area contributed by atoms with Crippen LogP contribution in [0, 0.1) is 11.2 Å². The largest absolute Gasteiger partial charge is 0.481 e. The van der Waals surface area contributed by atoms with E-state index >= 15 is 0 Å². The van der Waals surface area contributed by atoms with E-state index in [1.165, 1.54) is 14.2 Å². The highest BCUT2D eigenvalue weighted by Gasteiger charge is 2.31. The van der Waals surface area contributed by atoms with Crippen LogP contribution >= 0.6 is 0 Å². The zero-order chi connectivity index (χ0) is 12.4. The number of fused-ring (bicyclic) bond motifs is 1. The average molecular weight is 231 g/mol. The summed E-state index contributed by atoms with van der Waals surface area (Å²) in [5.41, 5.74) is 1.51. The Morgan fingerprint density at radius 3 is 2.76 bits per heavy atom. The Balaban J connectivity index is 2.46. The molecule has 0 bridgehead atoms. The number of carbonyl (C=O) groups excluding carboxylic acids is 1. The summed E-state index contributed by atoms with van der Waals surface area (Å²) >= 11 is 0. The van der Waals surface area contributed by atoms with Gasteiger partial charge in [-0.05, 0) is 12.6 Å². The van der Waals surface area contributed by atoms with Gasteiger partial charge in [-0.3, -0.25) is 0 Å². The predicted octanol–water partition coefficient (Wildman–Crippen LogP) is 0.00638. The second-order valence-electron chi connectivity index (χ2n) is 3.71. The van der Waals surface area contributed by atoms with Crippen molar-refractivity contribution in [2.24, 2.45) is 0 Å². The van der Waals surface area contributed by atoms with Crippen molar-refractivity contribution >= 4 is 12.7 Å². The molecular weight excluding hydrogens is 221 g/mol. The summed E-state index contributed by atoms with van der Waals surface area (Å²) in [5, 5.41) is 8.90. The van der Waals surface area contributed by atoms with Crippen molar-refractivity contribution in [3.63, 3.8) is 0 Å². The van der Waals surface area contributed by atoms with Crippen LogP contribution in [0.5, 0.6) is 5.88 Å². The third kappa shape index (κ3) is 1.94. The summed E-state index contributed by atoms with van der Waals surface area (Å²) in [6, 6.07) is 0. The van der Waals surface area contributed by atoms with Crippen LogP contribution in [0.2, 0.25) is 0 Å². The molecule has 0 radical (unpaired) electrons. The number of hydrogen-bond acceptors (Lipinski definition) is 6. The summed E-state index contributed by atoms with van der Waals surface area (Å²) in [5.74, 6) is 1.91. The molecule has 1 aromatic rings. The molecule has 1 aromatic heterocycles. The standard InChI is InChI=1S/C10H10BN3O3/c1-16-9-6-3-11(5-12)4-7(6)13-8(14-9)10(15)17-2/h3-4H2,1-2H3. The lowest BCUT2D eigenvalue weighted by Gasteiger charge is -2.07. The number of aromatic nitrogens is 2. The number of rotatable bonds is 2. The highest BCUT2D eigenvalue weighted by Crippen LogP contribution is 2.27. The van der Waals surface area contributed by atoms with E-state index in [0.29, 0.717) is 24.2 Å². The third-order valence-electron chi connectivity index (χ3n) is 2.69. The van der Waals surface area contributed by atoms with Gasteiger partial charge in [0.2, 0.25) is 11.7 Å². The Morgan fingerprint density at radius 2 is 2.18 bits per heavy atom. The maximum atomic E-state index is 11.4. The molecule has 0 unspecified atom stereocenters. The van der Waals surface area contributed by atoms with Gasteiger partial charge in [0.05, 0.1) is 14.2 Å². The van der Waals surface area contributed by atoms with E-state index < -0.39 is 5.97 Å². The minimum absolute atomic E-state index is 0.0262. The van der Waals surface area contributed by atoms with Crippen LogP contribution in [0.15, 0.2) is 0 Å². The number of hydrogen-bond donors (Lipinski definition) is 0. The Labute approximate surface area is 98.7 Å². The molecule has 2 heterocycles. The molecule has 0 aromatic carbocycles. The summed E-state index contributed by atoms with van der Waals surface area (Å²) in [6.45, 7) is -0.124. The Kier molecular flexibility index (Phi) is 2.96. The second kappa shape index (κ2) is 4.41. The lowest BCUT2D eigenvalue weighted by molar-refractivity contribution is 0.0585. The lowest BCUT2D eigenvalue weighted by atomic mass is 9.49. The first kappa shape index (κ1) is 11.4. The molecular formula is C10H10BN3O3. The molecule has 0 fully saturated rings. The van der Waals surface area contributed by atoms with E-state index in [9.17, 15) is 4.79 Å². The van der Waals surface area contributed by atoms with Gasteiger partial charge < -0.3 is 9.47 Å². The quantitative estimate of drug-likeness (QED) is 0.526. The van der Waals surface area contributed by atoms with Gasteiger partial charge in [0, 0.05) is 17.2 Å². The van der Waals surface area contributed by atoms with Gasteiger partial charge in [0.25, 0.3) is 6.71 Å². The molecule has 1 aliphatic heterocycles. The van der Waals surface area contributed by atoms with E-state index in [4.69, 9.17) is 10.00 Å². The molecule has 0 saturated carbocycles.